The molecule has 0 saturated carbocycles. The number of carbonyl (C=O) groups is 1. The fourth-order valence-electron chi connectivity index (χ4n) is 3.79. The summed E-state index contributed by atoms with van der Waals surface area (Å²) in [6, 6.07) is 0. The van der Waals surface area contributed by atoms with Crippen LogP contribution in [-0.2, 0) is 4.79 Å². The molecule has 3 heteroatoms. The molecule has 19 heavy (non-hydrogen) atoms. The van der Waals surface area contributed by atoms with Gasteiger partial charge in [-0.2, -0.15) is 0 Å². The van der Waals surface area contributed by atoms with Gasteiger partial charge in [0.15, 0.2) is 0 Å². The van der Waals surface area contributed by atoms with Crippen LogP contribution < -0.4 is 5.32 Å². The van der Waals surface area contributed by atoms with Gasteiger partial charge in [-0.05, 0) is 51.1 Å². The van der Waals surface area contributed by atoms with Crippen molar-refractivity contribution in [3.63, 3.8) is 0 Å². The van der Waals surface area contributed by atoms with Crippen LogP contribution in [0.1, 0.15) is 58.8 Å². The highest BCUT2D eigenvalue weighted by atomic mass is 16.2. The molecule has 2 rings (SSSR count). The first-order valence-corrected chi connectivity index (χ1v) is 8.22. The molecule has 1 N–H and O–H groups in total. The SMILES string of the molecule is CCCC1CCN(C(=O)C2(CC)CCNCC2)CC1. The number of nitrogens with zero attached hydrogens (tertiary/aromatic N) is 1. The molecule has 2 heterocycles. The van der Waals surface area contributed by atoms with E-state index < -0.39 is 0 Å². The van der Waals surface area contributed by atoms with Crippen LogP contribution in [0.5, 0.6) is 0 Å². The van der Waals surface area contributed by atoms with Crippen molar-refractivity contribution in [3.8, 4) is 0 Å². The number of hydrogen-bond acceptors (Lipinski definition) is 2. The smallest absolute Gasteiger partial charge is 0.228 e. The summed E-state index contributed by atoms with van der Waals surface area (Å²) in [5.41, 5.74) is -0.0527. The van der Waals surface area contributed by atoms with Gasteiger partial charge in [0.1, 0.15) is 0 Å². The first kappa shape index (κ1) is 14.8. The van der Waals surface area contributed by atoms with Gasteiger partial charge < -0.3 is 10.2 Å². The molecule has 1 amide bonds. The standard InChI is InChI=1S/C16H30N2O/c1-3-5-14-6-12-18(13-7-14)15(19)16(4-2)8-10-17-11-9-16/h14,17H,3-13H2,1-2H3. The first-order chi connectivity index (χ1) is 9.22. The number of rotatable bonds is 4. The third-order valence-corrected chi connectivity index (χ3v) is 5.29. The summed E-state index contributed by atoms with van der Waals surface area (Å²) >= 11 is 0. The maximum absolute atomic E-state index is 12.9. The van der Waals surface area contributed by atoms with Crippen molar-refractivity contribution in [2.24, 2.45) is 11.3 Å². The van der Waals surface area contributed by atoms with E-state index in [-0.39, 0.29) is 5.41 Å². The number of amides is 1. The third-order valence-electron chi connectivity index (χ3n) is 5.29. The highest BCUT2D eigenvalue weighted by Crippen LogP contribution is 2.36. The minimum atomic E-state index is -0.0527. The Balaban J connectivity index is 1.92. The van der Waals surface area contributed by atoms with Crippen molar-refractivity contribution < 1.29 is 4.79 Å². The Morgan fingerprint density at radius 1 is 1.21 bits per heavy atom. The zero-order valence-corrected chi connectivity index (χ0v) is 12.7. The van der Waals surface area contributed by atoms with Crippen LogP contribution in [0.2, 0.25) is 0 Å². The highest BCUT2D eigenvalue weighted by Gasteiger charge is 2.41. The van der Waals surface area contributed by atoms with Gasteiger partial charge in [-0.15, -0.1) is 0 Å². The fourth-order valence-corrected chi connectivity index (χ4v) is 3.79. The number of likely N-dealkylation sites (tertiary alicyclic amines) is 1. The summed E-state index contributed by atoms with van der Waals surface area (Å²) in [6.07, 6.45) is 8.11. The van der Waals surface area contributed by atoms with Crippen LogP contribution in [-0.4, -0.2) is 37.0 Å². The molecule has 0 atom stereocenters. The van der Waals surface area contributed by atoms with Crippen molar-refractivity contribution in [1.29, 1.82) is 0 Å². The van der Waals surface area contributed by atoms with Gasteiger partial charge in [0.2, 0.25) is 5.91 Å². The van der Waals surface area contributed by atoms with Gasteiger partial charge in [0.25, 0.3) is 0 Å². The lowest BCUT2D eigenvalue weighted by molar-refractivity contribution is -0.145. The monoisotopic (exact) mass is 266 g/mol. The van der Waals surface area contributed by atoms with E-state index in [1.54, 1.807) is 0 Å². The zero-order chi connectivity index (χ0) is 13.7. The quantitative estimate of drug-likeness (QED) is 0.848. The molecule has 0 spiro atoms. The molecular weight excluding hydrogens is 236 g/mol. The van der Waals surface area contributed by atoms with Gasteiger partial charge in [-0.25, -0.2) is 0 Å². The number of nitrogens with one attached hydrogen (secondary N) is 1. The summed E-state index contributed by atoms with van der Waals surface area (Å²) in [7, 11) is 0. The van der Waals surface area contributed by atoms with E-state index >= 15 is 0 Å². The van der Waals surface area contributed by atoms with Crippen LogP contribution in [0, 0.1) is 11.3 Å². The van der Waals surface area contributed by atoms with E-state index in [2.05, 4.69) is 24.1 Å². The molecule has 0 aromatic heterocycles. The zero-order valence-electron chi connectivity index (χ0n) is 12.7. The van der Waals surface area contributed by atoms with Gasteiger partial charge in [0.05, 0.1) is 5.41 Å². The second-order valence-corrected chi connectivity index (χ2v) is 6.41. The Labute approximate surface area is 118 Å². The average molecular weight is 266 g/mol. The predicted molar refractivity (Wildman–Crippen MR) is 79.0 cm³/mol. The summed E-state index contributed by atoms with van der Waals surface area (Å²) in [5.74, 6) is 1.31. The molecule has 2 fully saturated rings. The average Bonchev–Trinajstić information content (AvgIpc) is 2.48. The molecule has 0 aromatic rings. The fraction of sp³-hybridized carbons (Fsp3) is 0.938. The Morgan fingerprint density at radius 2 is 1.84 bits per heavy atom. The van der Waals surface area contributed by atoms with E-state index in [9.17, 15) is 4.79 Å². The number of piperidine rings is 2. The van der Waals surface area contributed by atoms with Crippen molar-refractivity contribution >= 4 is 5.91 Å². The molecule has 0 aromatic carbocycles. The number of carbonyl (C=O) groups excluding carboxylic acids is 1. The molecule has 0 unspecified atom stereocenters. The van der Waals surface area contributed by atoms with Crippen LogP contribution in [0.3, 0.4) is 0 Å². The molecule has 0 bridgehead atoms. The van der Waals surface area contributed by atoms with Crippen molar-refractivity contribution in [2.45, 2.75) is 58.8 Å². The van der Waals surface area contributed by atoms with Crippen LogP contribution in [0.15, 0.2) is 0 Å². The minimum Gasteiger partial charge on any atom is -0.342 e. The summed E-state index contributed by atoms with van der Waals surface area (Å²) < 4.78 is 0. The summed E-state index contributed by atoms with van der Waals surface area (Å²) in [5, 5.41) is 3.38. The molecule has 2 aliphatic heterocycles. The molecule has 110 valence electrons. The van der Waals surface area contributed by atoms with Gasteiger partial charge in [-0.3, -0.25) is 4.79 Å². The second kappa shape index (κ2) is 6.74. The highest BCUT2D eigenvalue weighted by molar-refractivity contribution is 5.83. The van der Waals surface area contributed by atoms with Crippen LogP contribution in [0.25, 0.3) is 0 Å². The normalized spacial score (nSPS) is 24.4. The maximum atomic E-state index is 12.9. The summed E-state index contributed by atoms with van der Waals surface area (Å²) in [4.78, 5) is 15.0. The van der Waals surface area contributed by atoms with E-state index in [4.69, 9.17) is 0 Å². The lowest BCUT2D eigenvalue weighted by atomic mass is 9.75. The molecule has 3 nitrogen and oxygen atoms in total. The Hall–Kier alpha value is -0.570. The van der Waals surface area contributed by atoms with Gasteiger partial charge in [0, 0.05) is 13.1 Å². The first-order valence-electron chi connectivity index (χ1n) is 8.22. The van der Waals surface area contributed by atoms with Gasteiger partial charge in [-0.1, -0.05) is 26.7 Å². The lowest BCUT2D eigenvalue weighted by Gasteiger charge is -2.42. The van der Waals surface area contributed by atoms with E-state index in [0.29, 0.717) is 5.91 Å². The molecule has 2 aliphatic rings. The van der Waals surface area contributed by atoms with Crippen molar-refractivity contribution in [3.05, 3.63) is 0 Å². The van der Waals surface area contributed by atoms with E-state index in [1.165, 1.54) is 25.7 Å². The minimum absolute atomic E-state index is 0.0527. The van der Waals surface area contributed by atoms with E-state index in [1.807, 2.05) is 0 Å². The molecule has 2 saturated heterocycles. The third kappa shape index (κ3) is 3.31. The lowest BCUT2D eigenvalue weighted by Crippen LogP contribution is -2.51. The Bertz CT molecular complexity index is 289. The molecule has 0 aliphatic carbocycles. The van der Waals surface area contributed by atoms with Crippen LogP contribution in [0.4, 0.5) is 0 Å². The summed E-state index contributed by atoms with van der Waals surface area (Å²) in [6.45, 7) is 8.46. The van der Waals surface area contributed by atoms with Crippen molar-refractivity contribution in [2.75, 3.05) is 26.2 Å². The second-order valence-electron chi connectivity index (χ2n) is 6.41. The molecular formula is C16H30N2O. The maximum Gasteiger partial charge on any atom is 0.228 e. The van der Waals surface area contributed by atoms with E-state index in [0.717, 1.165) is 51.4 Å². The Morgan fingerprint density at radius 3 is 2.37 bits per heavy atom. The van der Waals surface area contributed by atoms with Crippen molar-refractivity contribution in [1.82, 2.24) is 10.2 Å². The predicted octanol–water partition coefficient (Wildman–Crippen LogP) is 2.80. The molecule has 0 radical (unpaired) electrons. The van der Waals surface area contributed by atoms with Crippen LogP contribution >= 0.6 is 0 Å². The largest absolute Gasteiger partial charge is 0.342 e. The number of hydrogen-bond donors (Lipinski definition) is 1. The Kier molecular flexibility index (Phi) is 5.26. The topological polar surface area (TPSA) is 32.3 Å². The van der Waals surface area contributed by atoms with Gasteiger partial charge >= 0.3 is 0 Å².